The lowest BCUT2D eigenvalue weighted by Gasteiger charge is -2.17. The molecule has 1 aliphatic rings. The van der Waals surface area contributed by atoms with Crippen LogP contribution in [0.4, 0.5) is 5.69 Å². The van der Waals surface area contributed by atoms with Gasteiger partial charge in [0.1, 0.15) is 5.75 Å². The number of rotatable bonds is 7. The van der Waals surface area contributed by atoms with E-state index in [1.165, 1.54) is 6.42 Å². The standard InChI is InChI=1S/C24H24N2O3/c27-24(28)19-8-4-10-21(14-19)29-23-15-18(17-6-2-1-3-7-17)11-12-22(23)26-16-20-9-5-13-25-20/h1-4,6-8,10-12,14-15,20,25-26H,5,9,13,16H2,(H,27,28)/t20-/m0/s1. The van der Waals surface area contributed by atoms with Crippen molar-refractivity contribution in [2.24, 2.45) is 0 Å². The molecule has 4 rings (SSSR count). The summed E-state index contributed by atoms with van der Waals surface area (Å²) in [6.45, 7) is 1.88. The fraction of sp³-hybridized carbons (Fsp3) is 0.208. The highest BCUT2D eigenvalue weighted by molar-refractivity contribution is 5.88. The van der Waals surface area contributed by atoms with Crippen molar-refractivity contribution in [3.63, 3.8) is 0 Å². The maximum absolute atomic E-state index is 11.3. The largest absolute Gasteiger partial charge is 0.478 e. The Morgan fingerprint density at radius 3 is 2.66 bits per heavy atom. The van der Waals surface area contributed by atoms with Gasteiger partial charge in [-0.25, -0.2) is 4.79 Å². The van der Waals surface area contributed by atoms with Crippen LogP contribution in [0.15, 0.2) is 72.8 Å². The molecule has 3 aromatic carbocycles. The van der Waals surface area contributed by atoms with Crippen molar-refractivity contribution in [1.82, 2.24) is 5.32 Å². The van der Waals surface area contributed by atoms with Gasteiger partial charge < -0.3 is 20.5 Å². The van der Waals surface area contributed by atoms with E-state index in [0.29, 0.717) is 17.5 Å². The third-order valence-electron chi connectivity index (χ3n) is 5.10. The first-order valence-corrected chi connectivity index (χ1v) is 9.87. The molecule has 3 aromatic rings. The molecule has 0 unspecified atom stereocenters. The first-order valence-electron chi connectivity index (χ1n) is 9.87. The van der Waals surface area contributed by atoms with Crippen LogP contribution in [0.3, 0.4) is 0 Å². The minimum atomic E-state index is -0.973. The van der Waals surface area contributed by atoms with Gasteiger partial charge in [-0.1, -0.05) is 42.5 Å². The minimum Gasteiger partial charge on any atom is -0.478 e. The summed E-state index contributed by atoms with van der Waals surface area (Å²) in [5.74, 6) is 0.197. The summed E-state index contributed by atoms with van der Waals surface area (Å²) >= 11 is 0. The minimum absolute atomic E-state index is 0.200. The van der Waals surface area contributed by atoms with Crippen molar-refractivity contribution in [3.05, 3.63) is 78.4 Å². The van der Waals surface area contributed by atoms with E-state index in [4.69, 9.17) is 4.74 Å². The Balaban J connectivity index is 1.63. The van der Waals surface area contributed by atoms with Crippen LogP contribution in [-0.4, -0.2) is 30.2 Å². The second-order valence-electron chi connectivity index (χ2n) is 7.19. The van der Waals surface area contributed by atoms with Crippen LogP contribution in [0.1, 0.15) is 23.2 Å². The number of hydrogen-bond acceptors (Lipinski definition) is 4. The lowest BCUT2D eigenvalue weighted by atomic mass is 10.0. The van der Waals surface area contributed by atoms with Gasteiger partial charge in [0, 0.05) is 12.6 Å². The average Bonchev–Trinajstić information content (AvgIpc) is 3.27. The van der Waals surface area contributed by atoms with Gasteiger partial charge in [0.05, 0.1) is 11.3 Å². The molecule has 0 aliphatic carbocycles. The molecule has 29 heavy (non-hydrogen) atoms. The highest BCUT2D eigenvalue weighted by Gasteiger charge is 2.15. The zero-order chi connectivity index (χ0) is 20.1. The summed E-state index contributed by atoms with van der Waals surface area (Å²) in [6, 6.07) is 23.2. The van der Waals surface area contributed by atoms with E-state index in [0.717, 1.165) is 36.3 Å². The Labute approximate surface area is 170 Å². The molecule has 5 heteroatoms. The SMILES string of the molecule is O=C(O)c1cccc(Oc2cc(-c3ccccc3)ccc2NC[C@@H]2CCCN2)c1. The molecule has 148 valence electrons. The number of nitrogens with one attached hydrogen (secondary N) is 2. The van der Waals surface area contributed by atoms with Gasteiger partial charge in [0.25, 0.3) is 0 Å². The van der Waals surface area contributed by atoms with Gasteiger partial charge in [-0.15, -0.1) is 0 Å². The molecule has 0 radical (unpaired) electrons. The Kier molecular flexibility index (Phi) is 5.77. The number of benzene rings is 3. The van der Waals surface area contributed by atoms with E-state index in [1.54, 1.807) is 24.3 Å². The van der Waals surface area contributed by atoms with Crippen molar-refractivity contribution in [1.29, 1.82) is 0 Å². The van der Waals surface area contributed by atoms with Gasteiger partial charge in [-0.3, -0.25) is 0 Å². The number of aromatic carboxylic acids is 1. The summed E-state index contributed by atoms with van der Waals surface area (Å²) in [4.78, 5) is 11.3. The number of ether oxygens (including phenoxy) is 1. The van der Waals surface area contributed by atoms with Crippen LogP contribution in [0.25, 0.3) is 11.1 Å². The lowest BCUT2D eigenvalue weighted by Crippen LogP contribution is -2.29. The molecule has 0 amide bonds. The van der Waals surface area contributed by atoms with Crippen LogP contribution in [0.5, 0.6) is 11.5 Å². The van der Waals surface area contributed by atoms with Crippen LogP contribution in [0, 0.1) is 0 Å². The van der Waals surface area contributed by atoms with Crippen molar-refractivity contribution in [2.75, 3.05) is 18.4 Å². The molecular weight excluding hydrogens is 364 g/mol. The highest BCUT2D eigenvalue weighted by Crippen LogP contribution is 2.34. The Hall–Kier alpha value is -3.31. The van der Waals surface area contributed by atoms with E-state index >= 15 is 0 Å². The van der Waals surface area contributed by atoms with Crippen molar-refractivity contribution >= 4 is 11.7 Å². The highest BCUT2D eigenvalue weighted by atomic mass is 16.5. The molecule has 0 saturated carbocycles. The molecule has 1 aliphatic heterocycles. The second kappa shape index (κ2) is 8.80. The van der Waals surface area contributed by atoms with E-state index in [2.05, 4.69) is 28.8 Å². The van der Waals surface area contributed by atoms with Crippen LogP contribution in [0.2, 0.25) is 0 Å². The summed E-state index contributed by atoms with van der Waals surface area (Å²) in [7, 11) is 0. The predicted octanol–water partition coefficient (Wildman–Crippen LogP) is 5.01. The molecular formula is C24H24N2O3. The second-order valence-corrected chi connectivity index (χ2v) is 7.19. The fourth-order valence-corrected chi connectivity index (χ4v) is 3.55. The van der Waals surface area contributed by atoms with Gasteiger partial charge in [-0.2, -0.15) is 0 Å². The average molecular weight is 388 g/mol. The third-order valence-corrected chi connectivity index (χ3v) is 5.10. The van der Waals surface area contributed by atoms with Gasteiger partial charge in [-0.05, 0) is 60.8 Å². The molecule has 1 saturated heterocycles. The van der Waals surface area contributed by atoms with Gasteiger partial charge >= 0.3 is 5.97 Å². The number of carboxylic acids is 1. The smallest absolute Gasteiger partial charge is 0.335 e. The van der Waals surface area contributed by atoms with E-state index in [1.807, 2.05) is 30.3 Å². The topological polar surface area (TPSA) is 70.6 Å². The van der Waals surface area contributed by atoms with E-state index in [-0.39, 0.29) is 5.56 Å². The quantitative estimate of drug-likeness (QED) is 0.531. The molecule has 1 heterocycles. The van der Waals surface area contributed by atoms with E-state index < -0.39 is 5.97 Å². The number of anilines is 1. The monoisotopic (exact) mass is 388 g/mol. The Morgan fingerprint density at radius 1 is 1.03 bits per heavy atom. The van der Waals surface area contributed by atoms with E-state index in [9.17, 15) is 9.90 Å². The maximum atomic E-state index is 11.3. The van der Waals surface area contributed by atoms with Gasteiger partial charge in [0.15, 0.2) is 5.75 Å². The molecule has 1 fully saturated rings. The molecule has 0 aromatic heterocycles. The molecule has 5 nitrogen and oxygen atoms in total. The molecule has 0 bridgehead atoms. The van der Waals surface area contributed by atoms with Gasteiger partial charge in [0.2, 0.25) is 0 Å². The van der Waals surface area contributed by atoms with Crippen LogP contribution >= 0.6 is 0 Å². The number of carboxylic acid groups (broad SMARTS) is 1. The maximum Gasteiger partial charge on any atom is 0.335 e. The van der Waals surface area contributed by atoms with Crippen molar-refractivity contribution in [2.45, 2.75) is 18.9 Å². The molecule has 0 spiro atoms. The van der Waals surface area contributed by atoms with Crippen molar-refractivity contribution in [3.8, 4) is 22.6 Å². The molecule has 3 N–H and O–H groups in total. The zero-order valence-corrected chi connectivity index (χ0v) is 16.1. The summed E-state index contributed by atoms with van der Waals surface area (Å²) in [5.41, 5.74) is 3.23. The molecule has 1 atom stereocenters. The third kappa shape index (κ3) is 4.76. The first-order chi connectivity index (χ1) is 14.2. The number of carbonyl (C=O) groups is 1. The fourth-order valence-electron chi connectivity index (χ4n) is 3.55. The lowest BCUT2D eigenvalue weighted by molar-refractivity contribution is 0.0696. The normalized spacial score (nSPS) is 15.8. The van der Waals surface area contributed by atoms with Crippen LogP contribution in [-0.2, 0) is 0 Å². The first kappa shape index (κ1) is 19.0. The predicted molar refractivity (Wildman–Crippen MR) is 115 cm³/mol. The summed E-state index contributed by atoms with van der Waals surface area (Å²) in [5, 5.41) is 16.2. The Morgan fingerprint density at radius 2 is 1.90 bits per heavy atom. The Bertz CT molecular complexity index is 982. The zero-order valence-electron chi connectivity index (χ0n) is 16.1. The van der Waals surface area contributed by atoms with Crippen molar-refractivity contribution < 1.29 is 14.6 Å². The number of hydrogen-bond donors (Lipinski definition) is 3. The summed E-state index contributed by atoms with van der Waals surface area (Å²) in [6.07, 6.45) is 2.36. The van der Waals surface area contributed by atoms with Crippen LogP contribution < -0.4 is 15.4 Å². The summed E-state index contributed by atoms with van der Waals surface area (Å²) < 4.78 is 6.13.